The normalized spacial score (nSPS) is 10.5. The van der Waals surface area contributed by atoms with Crippen LogP contribution in [0.3, 0.4) is 0 Å². The standard InChI is InChI=1S/C17H17N3O5/c1-3-22-12-8-7-11(10-14(12)23-4-2)15-16(20-25-19-15)18-17(21)13-6-5-9-24-13/h5-10H,3-4H2,1-2H3,(H,18,20,21). The van der Waals surface area contributed by atoms with E-state index in [9.17, 15) is 4.79 Å². The lowest BCUT2D eigenvalue weighted by molar-refractivity contribution is 0.0995. The second kappa shape index (κ2) is 7.52. The molecule has 25 heavy (non-hydrogen) atoms. The Bertz CT molecular complexity index is 842. The van der Waals surface area contributed by atoms with Crippen molar-refractivity contribution in [1.82, 2.24) is 10.3 Å². The van der Waals surface area contributed by atoms with Gasteiger partial charge in [0.05, 0.1) is 19.5 Å². The molecule has 0 aliphatic rings. The molecule has 1 amide bonds. The lowest BCUT2D eigenvalue weighted by Crippen LogP contribution is -2.11. The zero-order valence-corrected chi connectivity index (χ0v) is 13.8. The van der Waals surface area contributed by atoms with Crippen LogP contribution in [0.2, 0.25) is 0 Å². The van der Waals surface area contributed by atoms with Crippen molar-refractivity contribution in [3.05, 3.63) is 42.4 Å². The van der Waals surface area contributed by atoms with Crippen molar-refractivity contribution >= 4 is 11.7 Å². The van der Waals surface area contributed by atoms with Crippen molar-refractivity contribution in [1.29, 1.82) is 0 Å². The van der Waals surface area contributed by atoms with Gasteiger partial charge in [-0.05, 0) is 54.5 Å². The molecule has 1 N–H and O–H groups in total. The van der Waals surface area contributed by atoms with Crippen LogP contribution in [-0.2, 0) is 0 Å². The highest BCUT2D eigenvalue weighted by Crippen LogP contribution is 2.34. The summed E-state index contributed by atoms with van der Waals surface area (Å²) in [4.78, 5) is 12.1. The average Bonchev–Trinajstić information content (AvgIpc) is 3.28. The fourth-order valence-corrected chi connectivity index (χ4v) is 2.24. The van der Waals surface area contributed by atoms with Gasteiger partial charge < -0.3 is 13.9 Å². The van der Waals surface area contributed by atoms with Gasteiger partial charge in [0, 0.05) is 5.56 Å². The minimum Gasteiger partial charge on any atom is -0.490 e. The van der Waals surface area contributed by atoms with Crippen LogP contribution in [-0.4, -0.2) is 29.4 Å². The highest BCUT2D eigenvalue weighted by atomic mass is 16.6. The van der Waals surface area contributed by atoms with E-state index in [1.165, 1.54) is 6.26 Å². The molecule has 0 spiro atoms. The molecule has 0 saturated heterocycles. The molecule has 2 aromatic heterocycles. The van der Waals surface area contributed by atoms with E-state index in [0.717, 1.165) is 0 Å². The monoisotopic (exact) mass is 343 g/mol. The first-order valence-corrected chi connectivity index (χ1v) is 7.80. The summed E-state index contributed by atoms with van der Waals surface area (Å²) < 4.78 is 21.0. The van der Waals surface area contributed by atoms with Gasteiger partial charge in [-0.25, -0.2) is 4.63 Å². The number of hydrogen-bond donors (Lipinski definition) is 1. The second-order valence-electron chi connectivity index (χ2n) is 4.92. The summed E-state index contributed by atoms with van der Waals surface area (Å²) in [6, 6.07) is 8.49. The maximum atomic E-state index is 12.1. The molecule has 3 rings (SSSR count). The van der Waals surface area contributed by atoms with E-state index in [0.29, 0.717) is 36.0 Å². The fourth-order valence-electron chi connectivity index (χ4n) is 2.24. The number of ether oxygens (including phenoxy) is 2. The average molecular weight is 343 g/mol. The van der Waals surface area contributed by atoms with Gasteiger partial charge in [-0.2, -0.15) is 0 Å². The van der Waals surface area contributed by atoms with Gasteiger partial charge in [0.1, 0.15) is 0 Å². The summed E-state index contributed by atoms with van der Waals surface area (Å²) in [6.07, 6.45) is 1.41. The molecular weight excluding hydrogens is 326 g/mol. The van der Waals surface area contributed by atoms with E-state index >= 15 is 0 Å². The van der Waals surface area contributed by atoms with Crippen LogP contribution in [0.25, 0.3) is 11.3 Å². The third kappa shape index (κ3) is 3.63. The zero-order chi connectivity index (χ0) is 17.6. The van der Waals surface area contributed by atoms with Crippen LogP contribution >= 0.6 is 0 Å². The molecule has 2 heterocycles. The Morgan fingerprint density at radius 3 is 2.64 bits per heavy atom. The first kappa shape index (κ1) is 16.6. The summed E-state index contributed by atoms with van der Waals surface area (Å²) in [5, 5.41) is 10.2. The third-order valence-electron chi connectivity index (χ3n) is 3.28. The predicted octanol–water partition coefficient (Wildman–Crippen LogP) is 3.38. The molecule has 0 aliphatic heterocycles. The third-order valence-corrected chi connectivity index (χ3v) is 3.28. The highest BCUT2D eigenvalue weighted by Gasteiger charge is 2.19. The minimum atomic E-state index is -0.446. The van der Waals surface area contributed by atoms with E-state index in [-0.39, 0.29) is 11.6 Å². The van der Waals surface area contributed by atoms with E-state index < -0.39 is 5.91 Å². The molecule has 0 bridgehead atoms. The largest absolute Gasteiger partial charge is 0.490 e. The fraction of sp³-hybridized carbons (Fsp3) is 0.235. The Morgan fingerprint density at radius 1 is 1.12 bits per heavy atom. The van der Waals surface area contributed by atoms with Crippen molar-refractivity contribution in [2.24, 2.45) is 0 Å². The van der Waals surface area contributed by atoms with Gasteiger partial charge in [0.15, 0.2) is 23.0 Å². The molecule has 0 unspecified atom stereocenters. The minimum absolute atomic E-state index is 0.163. The molecule has 3 aromatic rings. The summed E-state index contributed by atoms with van der Waals surface area (Å²) in [7, 11) is 0. The number of furan rings is 1. The molecule has 0 aliphatic carbocycles. The maximum Gasteiger partial charge on any atom is 0.292 e. The summed E-state index contributed by atoms with van der Waals surface area (Å²) in [6.45, 7) is 4.79. The first-order valence-electron chi connectivity index (χ1n) is 7.80. The summed E-state index contributed by atoms with van der Waals surface area (Å²) >= 11 is 0. The Labute approximate surface area is 143 Å². The van der Waals surface area contributed by atoms with E-state index in [1.807, 2.05) is 13.8 Å². The SMILES string of the molecule is CCOc1ccc(-c2nonc2NC(=O)c2ccco2)cc1OCC. The van der Waals surface area contributed by atoms with Gasteiger partial charge in [0.2, 0.25) is 5.82 Å². The predicted molar refractivity (Wildman–Crippen MR) is 88.7 cm³/mol. The summed E-state index contributed by atoms with van der Waals surface area (Å²) in [5.74, 6) is 1.11. The number of benzene rings is 1. The van der Waals surface area contributed by atoms with E-state index in [1.54, 1.807) is 30.3 Å². The molecule has 8 heteroatoms. The Kier molecular flexibility index (Phi) is 4.98. The number of hydrogen-bond acceptors (Lipinski definition) is 7. The molecule has 1 aromatic carbocycles. The number of aromatic nitrogens is 2. The van der Waals surface area contributed by atoms with Gasteiger partial charge in [-0.15, -0.1) is 0 Å². The Balaban J connectivity index is 1.88. The lowest BCUT2D eigenvalue weighted by Gasteiger charge is -2.11. The molecule has 0 saturated carbocycles. The molecule has 0 fully saturated rings. The zero-order valence-electron chi connectivity index (χ0n) is 13.8. The number of carbonyl (C=O) groups is 1. The quantitative estimate of drug-likeness (QED) is 0.702. The highest BCUT2D eigenvalue weighted by molar-refractivity contribution is 6.03. The van der Waals surface area contributed by atoms with Crippen LogP contribution < -0.4 is 14.8 Å². The molecule has 0 atom stereocenters. The molecule has 0 radical (unpaired) electrons. The molecule has 130 valence electrons. The maximum absolute atomic E-state index is 12.1. The Hall–Kier alpha value is -3.29. The van der Waals surface area contributed by atoms with Crippen molar-refractivity contribution in [3.8, 4) is 22.8 Å². The van der Waals surface area contributed by atoms with Crippen LogP contribution in [0.15, 0.2) is 45.6 Å². The van der Waals surface area contributed by atoms with Crippen molar-refractivity contribution in [2.75, 3.05) is 18.5 Å². The second-order valence-corrected chi connectivity index (χ2v) is 4.92. The van der Waals surface area contributed by atoms with Crippen molar-refractivity contribution < 1.29 is 23.3 Å². The number of amides is 1. The van der Waals surface area contributed by atoms with Gasteiger partial charge >= 0.3 is 0 Å². The van der Waals surface area contributed by atoms with Crippen LogP contribution in [0.5, 0.6) is 11.5 Å². The number of nitrogens with one attached hydrogen (secondary N) is 1. The summed E-state index contributed by atoms with van der Waals surface area (Å²) in [5.41, 5.74) is 1.05. The van der Waals surface area contributed by atoms with Crippen LogP contribution in [0.4, 0.5) is 5.82 Å². The number of rotatable bonds is 7. The topological polar surface area (TPSA) is 99.6 Å². The number of nitrogens with zero attached hydrogens (tertiary/aromatic N) is 2. The van der Waals surface area contributed by atoms with Crippen molar-refractivity contribution in [3.63, 3.8) is 0 Å². The number of anilines is 1. The Morgan fingerprint density at radius 2 is 1.92 bits per heavy atom. The van der Waals surface area contributed by atoms with Crippen molar-refractivity contribution in [2.45, 2.75) is 13.8 Å². The number of carbonyl (C=O) groups excluding carboxylic acids is 1. The van der Waals surface area contributed by atoms with Gasteiger partial charge in [-0.1, -0.05) is 0 Å². The van der Waals surface area contributed by atoms with Gasteiger partial charge in [0.25, 0.3) is 5.91 Å². The molecular formula is C17H17N3O5. The van der Waals surface area contributed by atoms with Gasteiger partial charge in [-0.3, -0.25) is 10.1 Å². The lowest BCUT2D eigenvalue weighted by atomic mass is 10.1. The molecule has 8 nitrogen and oxygen atoms in total. The van der Waals surface area contributed by atoms with Crippen LogP contribution in [0.1, 0.15) is 24.4 Å². The van der Waals surface area contributed by atoms with E-state index in [2.05, 4.69) is 15.6 Å². The smallest absolute Gasteiger partial charge is 0.292 e. The van der Waals surface area contributed by atoms with Crippen LogP contribution in [0, 0.1) is 0 Å². The first-order chi connectivity index (χ1) is 12.2. The van der Waals surface area contributed by atoms with E-state index in [4.69, 9.17) is 18.5 Å².